The number of rotatable bonds is 2. The van der Waals surface area contributed by atoms with Crippen molar-refractivity contribution in [2.75, 3.05) is 20.2 Å². The van der Waals surface area contributed by atoms with Crippen LogP contribution in [0.2, 0.25) is 0 Å². The van der Waals surface area contributed by atoms with E-state index < -0.39 is 17.5 Å². The molecule has 0 aromatic rings. The summed E-state index contributed by atoms with van der Waals surface area (Å²) in [6, 6.07) is 0. The molecule has 4 nitrogen and oxygen atoms in total. The lowest BCUT2D eigenvalue weighted by Crippen LogP contribution is -2.54. The molecule has 0 amide bonds. The third kappa shape index (κ3) is 2.26. The van der Waals surface area contributed by atoms with Gasteiger partial charge < -0.3 is 15.2 Å². The molecule has 0 aromatic carbocycles. The average molecular weight is 223 g/mol. The Labute approximate surface area is 86.6 Å². The highest BCUT2D eigenvalue weighted by Gasteiger charge is 2.58. The van der Waals surface area contributed by atoms with Crippen LogP contribution >= 0.6 is 0 Å². The average Bonchev–Trinajstić information content (AvgIpc) is 2.43. The van der Waals surface area contributed by atoms with Gasteiger partial charge in [0.15, 0.2) is 0 Å². The number of methoxy groups -OCH3 is 1. The summed E-state index contributed by atoms with van der Waals surface area (Å²) in [4.78, 5) is 10.9. The predicted octanol–water partition coefficient (Wildman–Crippen LogP) is 0.299. The van der Waals surface area contributed by atoms with E-state index in [1.165, 1.54) is 0 Å². The smallest absolute Gasteiger partial charge is 0.379 e. The topological polar surface area (TPSA) is 58.6 Å². The number of aliphatic hydroxyl groups is 1. The number of hydrogen-bond acceptors (Lipinski definition) is 4. The van der Waals surface area contributed by atoms with E-state index in [1.54, 1.807) is 0 Å². The minimum atomic E-state index is -3.84. The number of carbonyl (C=O) groups excluding carboxylic acids is 1. The number of hydrogen-bond donors (Lipinski definition) is 2. The lowest BCUT2D eigenvalue weighted by molar-refractivity contribution is -0.213. The van der Waals surface area contributed by atoms with Crippen LogP contribution in [-0.2, 0) is 9.53 Å². The van der Waals surface area contributed by atoms with E-state index in [-0.39, 0.29) is 19.4 Å². The molecule has 6 heteroatoms. The first kappa shape index (κ1) is 12.3. The monoisotopic (exact) mass is 223 g/mol. The van der Waals surface area contributed by atoms with Gasteiger partial charge in [-0.25, -0.2) is 4.79 Å². The Morgan fingerprint density at radius 1 is 1.47 bits per heavy atom. The summed E-state index contributed by atoms with van der Waals surface area (Å²) in [6.07, 6.45) is 0.139. The standard InChI is InChI=1S/C9H15F2NO3/c1-15-7(13)9(10,11)8(14)3-2-5-12-6-4-8/h12,14H,2-6H2,1H3. The van der Waals surface area contributed by atoms with Crippen LogP contribution in [0.1, 0.15) is 19.3 Å². The first-order valence-electron chi connectivity index (χ1n) is 4.83. The molecule has 1 fully saturated rings. The molecule has 1 atom stereocenters. The van der Waals surface area contributed by atoms with E-state index >= 15 is 0 Å². The van der Waals surface area contributed by atoms with Crippen molar-refractivity contribution in [1.82, 2.24) is 5.32 Å². The van der Waals surface area contributed by atoms with E-state index in [0.29, 0.717) is 13.0 Å². The van der Waals surface area contributed by atoms with Crippen molar-refractivity contribution < 1.29 is 23.4 Å². The van der Waals surface area contributed by atoms with Crippen LogP contribution in [0.3, 0.4) is 0 Å². The van der Waals surface area contributed by atoms with Crippen LogP contribution in [0.5, 0.6) is 0 Å². The fourth-order valence-electron chi connectivity index (χ4n) is 1.68. The molecule has 2 N–H and O–H groups in total. The highest BCUT2D eigenvalue weighted by Crippen LogP contribution is 2.37. The van der Waals surface area contributed by atoms with E-state index in [0.717, 1.165) is 7.11 Å². The van der Waals surface area contributed by atoms with E-state index in [1.807, 2.05) is 0 Å². The van der Waals surface area contributed by atoms with Crippen LogP contribution in [0, 0.1) is 0 Å². The quantitative estimate of drug-likeness (QED) is 0.661. The Bertz CT molecular complexity index is 238. The molecule has 1 unspecified atom stereocenters. The third-order valence-corrected chi connectivity index (χ3v) is 2.69. The Kier molecular flexibility index (Phi) is 3.62. The zero-order valence-electron chi connectivity index (χ0n) is 8.56. The maximum absolute atomic E-state index is 13.5. The van der Waals surface area contributed by atoms with Crippen LogP contribution in [-0.4, -0.2) is 42.8 Å². The first-order valence-corrected chi connectivity index (χ1v) is 4.83. The molecular formula is C9H15F2NO3. The van der Waals surface area contributed by atoms with Gasteiger partial charge in [0.1, 0.15) is 5.60 Å². The maximum atomic E-state index is 13.5. The predicted molar refractivity (Wildman–Crippen MR) is 48.6 cm³/mol. The number of ether oxygens (including phenoxy) is 1. The molecular weight excluding hydrogens is 208 g/mol. The fourth-order valence-corrected chi connectivity index (χ4v) is 1.68. The van der Waals surface area contributed by atoms with Crippen LogP contribution in [0.4, 0.5) is 8.78 Å². The van der Waals surface area contributed by atoms with Gasteiger partial charge in [0.05, 0.1) is 7.11 Å². The summed E-state index contributed by atoms with van der Waals surface area (Å²) < 4.78 is 31.0. The summed E-state index contributed by atoms with van der Waals surface area (Å²) in [5.41, 5.74) is -2.29. The minimum Gasteiger partial charge on any atom is -0.464 e. The minimum absolute atomic E-state index is 0.109. The summed E-state index contributed by atoms with van der Waals surface area (Å²) in [5, 5.41) is 12.7. The van der Waals surface area contributed by atoms with Gasteiger partial charge in [0.2, 0.25) is 0 Å². The van der Waals surface area contributed by atoms with Gasteiger partial charge in [-0.05, 0) is 32.4 Å². The van der Waals surface area contributed by atoms with Crippen molar-refractivity contribution in [2.45, 2.75) is 30.8 Å². The molecule has 15 heavy (non-hydrogen) atoms. The molecule has 0 bridgehead atoms. The molecule has 1 aliphatic heterocycles. The van der Waals surface area contributed by atoms with Crippen molar-refractivity contribution >= 4 is 5.97 Å². The first-order chi connectivity index (χ1) is 6.94. The van der Waals surface area contributed by atoms with Gasteiger partial charge in [-0.1, -0.05) is 0 Å². The van der Waals surface area contributed by atoms with Crippen LogP contribution in [0.25, 0.3) is 0 Å². The van der Waals surface area contributed by atoms with Crippen molar-refractivity contribution in [3.63, 3.8) is 0 Å². The van der Waals surface area contributed by atoms with Gasteiger partial charge in [0, 0.05) is 0 Å². The highest BCUT2D eigenvalue weighted by molar-refractivity contribution is 5.79. The number of carbonyl (C=O) groups is 1. The summed E-state index contributed by atoms with van der Waals surface area (Å²) >= 11 is 0. The van der Waals surface area contributed by atoms with Crippen LogP contribution in [0.15, 0.2) is 0 Å². The molecule has 1 aliphatic rings. The van der Waals surface area contributed by atoms with E-state index in [4.69, 9.17) is 0 Å². The van der Waals surface area contributed by atoms with Crippen molar-refractivity contribution in [1.29, 1.82) is 0 Å². The molecule has 0 radical (unpaired) electrons. The largest absolute Gasteiger partial charge is 0.464 e. The second kappa shape index (κ2) is 4.40. The highest BCUT2D eigenvalue weighted by atomic mass is 19.3. The van der Waals surface area contributed by atoms with Crippen molar-refractivity contribution in [3.8, 4) is 0 Å². The molecule has 0 aliphatic carbocycles. The zero-order valence-corrected chi connectivity index (χ0v) is 8.56. The van der Waals surface area contributed by atoms with Crippen molar-refractivity contribution in [3.05, 3.63) is 0 Å². The van der Waals surface area contributed by atoms with E-state index in [2.05, 4.69) is 10.1 Å². The van der Waals surface area contributed by atoms with Gasteiger partial charge in [0.25, 0.3) is 0 Å². The van der Waals surface area contributed by atoms with Gasteiger partial charge in [-0.3, -0.25) is 0 Å². The molecule has 1 heterocycles. The maximum Gasteiger partial charge on any atom is 0.379 e. The SMILES string of the molecule is COC(=O)C(F)(F)C1(O)CCCNCC1. The molecule has 1 rings (SSSR count). The molecule has 88 valence electrons. The normalized spacial score (nSPS) is 28.3. The number of nitrogens with one attached hydrogen (secondary N) is 1. The van der Waals surface area contributed by atoms with Crippen molar-refractivity contribution in [2.24, 2.45) is 0 Å². The lowest BCUT2D eigenvalue weighted by atomic mass is 9.87. The molecule has 0 saturated carbocycles. The van der Waals surface area contributed by atoms with Crippen LogP contribution < -0.4 is 5.32 Å². The Morgan fingerprint density at radius 3 is 2.73 bits per heavy atom. The molecule has 0 spiro atoms. The molecule has 1 saturated heterocycles. The Balaban J connectivity index is 2.85. The molecule has 0 aromatic heterocycles. The zero-order chi connectivity index (χ0) is 11.5. The Hall–Kier alpha value is -0.750. The second-order valence-corrected chi connectivity index (χ2v) is 3.70. The lowest BCUT2D eigenvalue weighted by Gasteiger charge is -2.32. The number of alkyl halides is 2. The van der Waals surface area contributed by atoms with Gasteiger partial charge in [-0.2, -0.15) is 8.78 Å². The fraction of sp³-hybridized carbons (Fsp3) is 0.889. The summed E-state index contributed by atoms with van der Waals surface area (Å²) in [7, 11) is 0.883. The summed E-state index contributed by atoms with van der Waals surface area (Å²) in [5.74, 6) is -5.51. The summed E-state index contributed by atoms with van der Waals surface area (Å²) in [6.45, 7) is 0.836. The number of halogens is 2. The van der Waals surface area contributed by atoms with E-state index in [9.17, 15) is 18.7 Å². The van der Waals surface area contributed by atoms with Gasteiger partial charge in [-0.15, -0.1) is 0 Å². The third-order valence-electron chi connectivity index (χ3n) is 2.69. The van der Waals surface area contributed by atoms with Gasteiger partial charge >= 0.3 is 11.9 Å². The number of esters is 1. The Morgan fingerprint density at radius 2 is 2.13 bits per heavy atom. The second-order valence-electron chi connectivity index (χ2n) is 3.70.